The van der Waals surface area contributed by atoms with Crippen LogP contribution in [-0.2, 0) is 0 Å². The van der Waals surface area contributed by atoms with E-state index >= 15 is 0 Å². The van der Waals surface area contributed by atoms with Crippen molar-refractivity contribution in [1.82, 2.24) is 5.43 Å². The van der Waals surface area contributed by atoms with Gasteiger partial charge in [-0.2, -0.15) is 5.10 Å². The monoisotopic (exact) mass is 326 g/mol. The van der Waals surface area contributed by atoms with Gasteiger partial charge in [-0.3, -0.25) is 4.79 Å². The summed E-state index contributed by atoms with van der Waals surface area (Å²) in [5.41, 5.74) is 4.89. The van der Waals surface area contributed by atoms with Crippen molar-refractivity contribution in [3.8, 4) is 11.5 Å². The molecule has 0 spiro atoms. The highest BCUT2D eigenvalue weighted by molar-refractivity contribution is 6.02. The van der Waals surface area contributed by atoms with Crippen LogP contribution in [0.1, 0.15) is 36.2 Å². The number of methoxy groups -OCH3 is 1. The van der Waals surface area contributed by atoms with Gasteiger partial charge in [-0.1, -0.05) is 6.92 Å². The maximum absolute atomic E-state index is 12.2. The van der Waals surface area contributed by atoms with Crippen molar-refractivity contribution < 1.29 is 14.3 Å². The molecule has 5 nitrogen and oxygen atoms in total. The van der Waals surface area contributed by atoms with E-state index in [4.69, 9.17) is 9.47 Å². The Morgan fingerprint density at radius 3 is 2.08 bits per heavy atom. The zero-order chi connectivity index (χ0) is 17.4. The molecule has 0 aliphatic heterocycles. The molecule has 5 heteroatoms. The number of rotatable bonds is 7. The molecule has 0 bridgehead atoms. The highest BCUT2D eigenvalue weighted by Gasteiger charge is 2.07. The lowest BCUT2D eigenvalue weighted by molar-refractivity contribution is 0.0955. The number of carbonyl (C=O) groups excluding carboxylic acids is 1. The van der Waals surface area contributed by atoms with Gasteiger partial charge in [0.25, 0.3) is 5.91 Å². The molecule has 0 saturated carbocycles. The molecule has 1 N–H and O–H groups in total. The van der Waals surface area contributed by atoms with Gasteiger partial charge in [0.05, 0.1) is 19.4 Å². The van der Waals surface area contributed by atoms with Crippen LogP contribution < -0.4 is 14.9 Å². The van der Waals surface area contributed by atoms with E-state index in [2.05, 4.69) is 10.5 Å². The molecule has 126 valence electrons. The molecule has 2 aromatic carbocycles. The van der Waals surface area contributed by atoms with Gasteiger partial charge in [0, 0.05) is 5.56 Å². The summed E-state index contributed by atoms with van der Waals surface area (Å²) in [6.45, 7) is 4.50. The first-order valence-corrected chi connectivity index (χ1v) is 7.92. The van der Waals surface area contributed by atoms with Gasteiger partial charge >= 0.3 is 0 Å². The normalized spacial score (nSPS) is 11.0. The molecule has 2 aromatic rings. The minimum absolute atomic E-state index is 0.252. The Bertz CT molecular complexity index is 692. The maximum Gasteiger partial charge on any atom is 0.271 e. The molecule has 0 radical (unpaired) electrons. The van der Waals surface area contributed by atoms with Gasteiger partial charge < -0.3 is 9.47 Å². The predicted octanol–water partition coefficient (Wildman–Crippen LogP) is 3.64. The molecule has 0 aromatic heterocycles. The van der Waals surface area contributed by atoms with Crippen LogP contribution in [0.4, 0.5) is 0 Å². The molecule has 1 amide bonds. The van der Waals surface area contributed by atoms with E-state index in [-0.39, 0.29) is 5.91 Å². The molecule has 0 unspecified atom stereocenters. The summed E-state index contributed by atoms with van der Waals surface area (Å²) < 4.78 is 10.5. The number of benzene rings is 2. The van der Waals surface area contributed by atoms with E-state index in [0.29, 0.717) is 18.6 Å². The first kappa shape index (κ1) is 17.5. The molecular formula is C19H22N2O3. The molecule has 0 atom stereocenters. The van der Waals surface area contributed by atoms with E-state index in [1.165, 1.54) is 0 Å². The Balaban J connectivity index is 2.06. The average molecular weight is 326 g/mol. The summed E-state index contributed by atoms with van der Waals surface area (Å²) in [6, 6.07) is 14.6. The Labute approximate surface area is 142 Å². The second-order valence-electron chi connectivity index (χ2n) is 5.04. The smallest absolute Gasteiger partial charge is 0.271 e. The first-order chi connectivity index (χ1) is 11.7. The van der Waals surface area contributed by atoms with Crippen molar-refractivity contribution in [2.24, 2.45) is 5.10 Å². The minimum Gasteiger partial charge on any atom is -0.497 e. The summed E-state index contributed by atoms with van der Waals surface area (Å²) in [5.74, 6) is 1.27. The molecule has 2 rings (SSSR count). The molecule has 0 fully saturated rings. The number of carbonyl (C=O) groups is 1. The van der Waals surface area contributed by atoms with Crippen LogP contribution in [0.5, 0.6) is 11.5 Å². The maximum atomic E-state index is 12.2. The van der Waals surface area contributed by atoms with Gasteiger partial charge in [-0.05, 0) is 67.4 Å². The lowest BCUT2D eigenvalue weighted by Crippen LogP contribution is -2.20. The SMILES string of the molecule is CCOc1ccc(C(=O)N/N=C(/CC)c2ccc(OC)cc2)cc1. The second kappa shape index (κ2) is 8.72. The first-order valence-electron chi connectivity index (χ1n) is 7.92. The molecule has 0 saturated heterocycles. The predicted molar refractivity (Wildman–Crippen MR) is 94.9 cm³/mol. The quantitative estimate of drug-likeness (QED) is 0.624. The van der Waals surface area contributed by atoms with Gasteiger partial charge in [0.1, 0.15) is 11.5 Å². The van der Waals surface area contributed by atoms with Crippen molar-refractivity contribution in [3.63, 3.8) is 0 Å². The van der Waals surface area contributed by atoms with Gasteiger partial charge in [-0.25, -0.2) is 5.43 Å². The average Bonchev–Trinajstić information content (AvgIpc) is 2.63. The number of hydrogen-bond acceptors (Lipinski definition) is 4. The lowest BCUT2D eigenvalue weighted by Gasteiger charge is -2.07. The van der Waals surface area contributed by atoms with Gasteiger partial charge in [0.2, 0.25) is 0 Å². The van der Waals surface area contributed by atoms with Crippen LogP contribution in [0, 0.1) is 0 Å². The fourth-order valence-electron chi connectivity index (χ4n) is 2.18. The van der Waals surface area contributed by atoms with Gasteiger partial charge in [0.15, 0.2) is 0 Å². The standard InChI is InChI=1S/C19H22N2O3/c1-4-18(14-6-10-16(23-3)11-7-14)20-21-19(22)15-8-12-17(13-9-15)24-5-2/h6-13H,4-5H2,1-3H3,(H,21,22)/b20-18-. The zero-order valence-corrected chi connectivity index (χ0v) is 14.2. The van der Waals surface area contributed by atoms with Crippen LogP contribution in [0.3, 0.4) is 0 Å². The molecule has 0 heterocycles. The molecular weight excluding hydrogens is 304 g/mol. The summed E-state index contributed by atoms with van der Waals surface area (Å²) in [5, 5.41) is 4.25. The fourth-order valence-corrected chi connectivity index (χ4v) is 2.18. The minimum atomic E-state index is -0.252. The number of amides is 1. The number of nitrogens with one attached hydrogen (secondary N) is 1. The number of nitrogens with zero attached hydrogens (tertiary/aromatic N) is 1. The van der Waals surface area contributed by atoms with Crippen molar-refractivity contribution in [2.45, 2.75) is 20.3 Å². The Morgan fingerprint density at radius 1 is 0.958 bits per heavy atom. The summed E-state index contributed by atoms with van der Waals surface area (Å²) >= 11 is 0. The number of ether oxygens (including phenoxy) is 2. The number of hydrogen-bond donors (Lipinski definition) is 1. The van der Waals surface area contributed by atoms with Crippen molar-refractivity contribution in [2.75, 3.05) is 13.7 Å². The highest BCUT2D eigenvalue weighted by Crippen LogP contribution is 2.14. The number of hydrazone groups is 1. The van der Waals surface area contributed by atoms with Gasteiger partial charge in [-0.15, -0.1) is 0 Å². The summed E-state index contributed by atoms with van der Waals surface area (Å²) in [6.07, 6.45) is 0.704. The topological polar surface area (TPSA) is 59.9 Å². The van der Waals surface area contributed by atoms with Crippen LogP contribution in [-0.4, -0.2) is 25.3 Å². The highest BCUT2D eigenvalue weighted by atomic mass is 16.5. The third-order valence-electron chi connectivity index (χ3n) is 3.48. The van der Waals surface area contributed by atoms with E-state index in [1.807, 2.05) is 38.1 Å². The Hall–Kier alpha value is -2.82. The van der Waals surface area contributed by atoms with Crippen LogP contribution in [0.15, 0.2) is 53.6 Å². The lowest BCUT2D eigenvalue weighted by atomic mass is 10.1. The largest absolute Gasteiger partial charge is 0.497 e. The van der Waals surface area contributed by atoms with Crippen molar-refractivity contribution >= 4 is 11.6 Å². The molecule has 0 aliphatic carbocycles. The van der Waals surface area contributed by atoms with Crippen LogP contribution in [0.25, 0.3) is 0 Å². The zero-order valence-electron chi connectivity index (χ0n) is 14.2. The van der Waals surface area contributed by atoms with E-state index in [9.17, 15) is 4.79 Å². The van der Waals surface area contributed by atoms with Crippen LogP contribution in [0.2, 0.25) is 0 Å². The second-order valence-corrected chi connectivity index (χ2v) is 5.04. The van der Waals surface area contributed by atoms with E-state index < -0.39 is 0 Å². The van der Waals surface area contributed by atoms with Crippen LogP contribution >= 0.6 is 0 Å². The third-order valence-corrected chi connectivity index (χ3v) is 3.48. The van der Waals surface area contributed by atoms with E-state index in [0.717, 1.165) is 22.8 Å². The summed E-state index contributed by atoms with van der Waals surface area (Å²) in [7, 11) is 1.63. The van der Waals surface area contributed by atoms with Crippen molar-refractivity contribution in [1.29, 1.82) is 0 Å². The molecule has 24 heavy (non-hydrogen) atoms. The molecule has 0 aliphatic rings. The third kappa shape index (κ3) is 4.59. The Morgan fingerprint density at radius 2 is 1.54 bits per heavy atom. The summed E-state index contributed by atoms with van der Waals surface area (Å²) in [4.78, 5) is 12.2. The van der Waals surface area contributed by atoms with E-state index in [1.54, 1.807) is 31.4 Å². The van der Waals surface area contributed by atoms with Crippen molar-refractivity contribution in [3.05, 3.63) is 59.7 Å². The Kier molecular flexibility index (Phi) is 6.37. The fraction of sp³-hybridized carbons (Fsp3) is 0.263.